The second-order valence-corrected chi connectivity index (χ2v) is 18.7. The molecule has 1 nitrogen and oxygen atoms in total. The fourth-order valence-corrected chi connectivity index (χ4v) is 0. The summed E-state index contributed by atoms with van der Waals surface area (Å²) in [5, 5.41) is 0. The first-order valence-corrected chi connectivity index (χ1v) is 9.76. The Labute approximate surface area is 69.1 Å². The zero-order chi connectivity index (χ0) is 7.95. The Hall–Kier alpha value is 1.41. The molecule has 0 unspecified atom stereocenters. The van der Waals surface area contributed by atoms with Crippen LogP contribution in [0.1, 0.15) is 20.8 Å². The Bertz CT molecular complexity index is 111. The zero-order valence-electron chi connectivity index (χ0n) is 5.66. The van der Waals surface area contributed by atoms with Crippen LogP contribution in [-0.2, 0) is 10.3 Å². The van der Waals surface area contributed by atoms with E-state index in [0.29, 0.717) is 0 Å². The van der Waals surface area contributed by atoms with Crippen molar-refractivity contribution in [1.29, 1.82) is 0 Å². The summed E-state index contributed by atoms with van der Waals surface area (Å²) in [6.45, 7) is 5.52. The summed E-state index contributed by atoms with van der Waals surface area (Å²) in [6, 6.07) is 0. The van der Waals surface area contributed by atoms with Crippen LogP contribution in [0.2, 0.25) is 4.13 Å². The van der Waals surface area contributed by atoms with Gasteiger partial charge >= 0.3 is 69.3 Å². The molecule has 9 heavy (non-hydrogen) atoms. The van der Waals surface area contributed by atoms with Crippen molar-refractivity contribution >= 4 is 29.5 Å². The molecule has 0 spiro atoms. The van der Waals surface area contributed by atoms with Crippen LogP contribution in [0, 0.1) is 0 Å². The Morgan fingerprint density at radius 3 is 1.22 bits per heavy atom. The molecule has 0 amide bonds. The van der Waals surface area contributed by atoms with Gasteiger partial charge in [-0.3, -0.25) is 0 Å². The Kier molecular flexibility index (Phi) is 2.54. The molecule has 0 aromatic rings. The molecule has 2 N–H and O–H groups in total. The normalized spacial score (nSPS) is 18.8. The van der Waals surface area contributed by atoms with Gasteiger partial charge in [-0.1, -0.05) is 0 Å². The standard InChI is InChI=1S/C4H9.3ClH.H2N.V/c1-4(2)3;;;;;/h1-3H3;3*1H;1H2;/q;;;;-1;+4/p-3. The van der Waals surface area contributed by atoms with E-state index in [4.69, 9.17) is 34.1 Å². The molecule has 0 saturated carbocycles. The van der Waals surface area contributed by atoms with Crippen molar-refractivity contribution in [2.45, 2.75) is 24.9 Å². The van der Waals surface area contributed by atoms with Gasteiger partial charge in [0.15, 0.2) is 0 Å². The van der Waals surface area contributed by atoms with Crippen molar-refractivity contribution in [2.75, 3.05) is 0 Å². The average Bonchev–Trinajstić information content (AvgIpc) is 1.20. The molecule has 0 bridgehead atoms. The van der Waals surface area contributed by atoms with E-state index in [1.54, 1.807) is 0 Å². The molecule has 0 aliphatic carbocycles. The van der Waals surface area contributed by atoms with E-state index in [1.165, 1.54) is 0 Å². The SMILES string of the molecule is C[C](C)(C)[V]([NH2])([Cl])([Cl])[Cl]. The number of nitrogens with two attached hydrogens (primary N) is 1. The van der Waals surface area contributed by atoms with Crippen molar-refractivity contribution in [1.82, 2.24) is 0 Å². The third-order valence-electron chi connectivity index (χ3n) is 1.15. The van der Waals surface area contributed by atoms with Gasteiger partial charge in [-0.25, -0.2) is 0 Å². The third kappa shape index (κ3) is 2.88. The summed E-state index contributed by atoms with van der Waals surface area (Å²) < 4.78 is 5.16. The van der Waals surface area contributed by atoms with E-state index < -0.39 is 10.3 Å². The summed E-state index contributed by atoms with van der Waals surface area (Å²) in [4.78, 5) is 0. The average molecular weight is 230 g/mol. The number of hydrogen-bond donors (Lipinski definition) is 1. The van der Waals surface area contributed by atoms with Crippen LogP contribution < -0.4 is 4.58 Å². The first-order valence-electron chi connectivity index (χ1n) is 2.49. The molecule has 5 heteroatoms. The molecule has 0 heterocycles. The Morgan fingerprint density at radius 2 is 1.22 bits per heavy atom. The first-order chi connectivity index (χ1) is 3.51. The fourth-order valence-electron chi connectivity index (χ4n) is 0. The van der Waals surface area contributed by atoms with Crippen molar-refractivity contribution in [2.24, 2.45) is 4.58 Å². The van der Waals surface area contributed by atoms with Gasteiger partial charge in [0.05, 0.1) is 0 Å². The first kappa shape index (κ1) is 10.4. The van der Waals surface area contributed by atoms with E-state index in [0.717, 1.165) is 0 Å². The maximum atomic E-state index is 5.75. The van der Waals surface area contributed by atoms with E-state index in [-0.39, 0.29) is 4.13 Å². The van der Waals surface area contributed by atoms with Crippen LogP contribution in [-0.4, -0.2) is 0 Å². The monoisotopic (exact) mass is 229 g/mol. The molecule has 0 radical (unpaired) electrons. The number of hydrogen-bond acceptors (Lipinski definition) is 1. The van der Waals surface area contributed by atoms with Crippen molar-refractivity contribution < 1.29 is 10.3 Å². The number of rotatable bonds is 0. The van der Waals surface area contributed by atoms with E-state index in [9.17, 15) is 0 Å². The molecule has 0 rings (SSSR count). The minimum absolute atomic E-state index is 0.372. The predicted molar refractivity (Wildman–Crippen MR) is 41.5 cm³/mol. The predicted octanol–water partition coefficient (Wildman–Crippen LogP) is 3.23. The van der Waals surface area contributed by atoms with Gasteiger partial charge in [-0.15, -0.1) is 0 Å². The molecule has 0 fully saturated rings. The molecule has 0 aliphatic heterocycles. The van der Waals surface area contributed by atoms with Crippen LogP contribution in [0.15, 0.2) is 0 Å². The second kappa shape index (κ2) is 2.20. The van der Waals surface area contributed by atoms with Gasteiger partial charge in [0.25, 0.3) is 0 Å². The van der Waals surface area contributed by atoms with Crippen LogP contribution in [0.3, 0.4) is 0 Å². The van der Waals surface area contributed by atoms with Gasteiger partial charge in [0.1, 0.15) is 0 Å². The van der Waals surface area contributed by atoms with E-state index in [2.05, 4.69) is 0 Å². The van der Waals surface area contributed by atoms with Crippen LogP contribution in [0.5, 0.6) is 0 Å². The van der Waals surface area contributed by atoms with Crippen molar-refractivity contribution in [3.8, 4) is 0 Å². The second-order valence-electron chi connectivity index (χ2n) is 3.04. The minimum atomic E-state index is -3.90. The summed E-state index contributed by atoms with van der Waals surface area (Å²) in [5.41, 5.74) is 0. The van der Waals surface area contributed by atoms with Crippen LogP contribution >= 0.6 is 29.5 Å². The summed E-state index contributed by atoms with van der Waals surface area (Å²) in [7, 11) is 13.4. The van der Waals surface area contributed by atoms with Gasteiger partial charge in [-0.05, 0) is 0 Å². The maximum absolute atomic E-state index is 5.75. The van der Waals surface area contributed by atoms with Gasteiger partial charge < -0.3 is 0 Å². The fraction of sp³-hybridized carbons (Fsp3) is 1.00. The van der Waals surface area contributed by atoms with Crippen molar-refractivity contribution in [3.63, 3.8) is 0 Å². The van der Waals surface area contributed by atoms with Gasteiger partial charge in [0.2, 0.25) is 0 Å². The molecular formula is C4H11Cl3NV. The van der Waals surface area contributed by atoms with Crippen LogP contribution in [0.4, 0.5) is 0 Å². The molecule has 58 valence electrons. The summed E-state index contributed by atoms with van der Waals surface area (Å²) >= 11 is 0. The molecule has 0 saturated heterocycles. The van der Waals surface area contributed by atoms with Gasteiger partial charge in [-0.2, -0.15) is 0 Å². The van der Waals surface area contributed by atoms with Gasteiger partial charge in [0, 0.05) is 0 Å². The molecule has 0 aromatic heterocycles. The molecular weight excluding hydrogens is 219 g/mol. The quantitative estimate of drug-likeness (QED) is 0.679. The Balaban J connectivity index is 4.56. The van der Waals surface area contributed by atoms with E-state index in [1.807, 2.05) is 20.8 Å². The van der Waals surface area contributed by atoms with Crippen molar-refractivity contribution in [3.05, 3.63) is 0 Å². The Morgan fingerprint density at radius 1 is 1.11 bits per heavy atom. The summed E-state index contributed by atoms with van der Waals surface area (Å²) in [6.07, 6.45) is 0. The number of halogens is 3. The zero-order valence-corrected chi connectivity index (χ0v) is 9.32. The topological polar surface area (TPSA) is 26.0 Å². The van der Waals surface area contributed by atoms with E-state index >= 15 is 0 Å². The molecule has 0 atom stereocenters. The third-order valence-corrected chi connectivity index (χ3v) is 11.0. The molecule has 0 aromatic carbocycles. The van der Waals surface area contributed by atoms with Crippen LogP contribution in [0.25, 0.3) is 0 Å². The summed E-state index contributed by atoms with van der Waals surface area (Å²) in [5.74, 6) is 0. The molecule has 0 aliphatic rings.